The molecule has 0 aliphatic rings. The Morgan fingerprint density at radius 2 is 1.96 bits per heavy atom. The summed E-state index contributed by atoms with van der Waals surface area (Å²) in [6, 6.07) is 13.9. The molecule has 0 aliphatic carbocycles. The zero-order chi connectivity index (χ0) is 19.8. The molecule has 0 atom stereocenters. The maximum Gasteiger partial charge on any atom is 0.260 e. The van der Waals surface area contributed by atoms with Crippen LogP contribution in [0, 0.1) is 13.8 Å². The molecule has 28 heavy (non-hydrogen) atoms. The lowest BCUT2D eigenvalue weighted by Crippen LogP contribution is -2.19. The van der Waals surface area contributed by atoms with Gasteiger partial charge in [-0.3, -0.25) is 14.6 Å². The highest BCUT2D eigenvalue weighted by molar-refractivity contribution is 6.31. The van der Waals surface area contributed by atoms with Gasteiger partial charge in [-0.15, -0.1) is 0 Å². The molecule has 7 nitrogen and oxygen atoms in total. The number of amides is 1. The number of nitrogens with one attached hydrogen (secondary N) is 2. The van der Waals surface area contributed by atoms with Crippen molar-refractivity contribution in [1.82, 2.24) is 19.7 Å². The summed E-state index contributed by atoms with van der Waals surface area (Å²) in [6.45, 7) is 3.71. The first kappa shape index (κ1) is 17.9. The van der Waals surface area contributed by atoms with E-state index in [9.17, 15) is 9.59 Å². The van der Waals surface area contributed by atoms with Crippen LogP contribution in [0.25, 0.3) is 16.9 Å². The molecule has 140 valence electrons. The maximum atomic E-state index is 12.6. The van der Waals surface area contributed by atoms with Crippen molar-refractivity contribution in [1.29, 1.82) is 0 Å². The molecular formula is C20H16ClN5O2. The normalized spacial score (nSPS) is 11.0. The summed E-state index contributed by atoms with van der Waals surface area (Å²) in [4.78, 5) is 32.2. The van der Waals surface area contributed by atoms with E-state index in [-0.39, 0.29) is 17.4 Å². The Balaban J connectivity index is 1.76. The number of carbonyl (C=O) groups excluding carboxylic acids is 1. The van der Waals surface area contributed by atoms with Gasteiger partial charge in [-0.05, 0) is 44.2 Å². The van der Waals surface area contributed by atoms with Crippen molar-refractivity contribution in [3.05, 3.63) is 80.7 Å². The molecule has 8 heteroatoms. The maximum absolute atomic E-state index is 12.6. The first-order valence-electron chi connectivity index (χ1n) is 8.55. The Morgan fingerprint density at radius 3 is 2.75 bits per heavy atom. The van der Waals surface area contributed by atoms with Gasteiger partial charge in [0.15, 0.2) is 0 Å². The SMILES string of the molecule is Cc1cccc(C(=O)Nc2cc(C)nn2-c2nc3ccc(Cl)cc3c(=O)[nH]2)c1. The standard InChI is InChI=1S/C20H16ClN5O2/c1-11-4-3-5-13(8-11)18(27)23-17-9-12(2)25-26(17)20-22-16-7-6-14(21)10-15(16)19(28)24-20/h3-10H,1-2H3,(H,23,27)(H,22,24,28). The Hall–Kier alpha value is -3.45. The molecule has 2 N–H and O–H groups in total. The number of fused-ring (bicyclic) bond motifs is 1. The minimum Gasteiger partial charge on any atom is -0.306 e. The molecule has 1 amide bonds. The quantitative estimate of drug-likeness (QED) is 0.555. The summed E-state index contributed by atoms with van der Waals surface area (Å²) in [6.07, 6.45) is 0. The summed E-state index contributed by atoms with van der Waals surface area (Å²) in [5.74, 6) is 0.327. The zero-order valence-corrected chi connectivity index (χ0v) is 15.9. The van der Waals surface area contributed by atoms with Crippen molar-refractivity contribution in [2.75, 3.05) is 5.32 Å². The van der Waals surface area contributed by atoms with Gasteiger partial charge in [0.05, 0.1) is 16.6 Å². The fourth-order valence-corrected chi connectivity index (χ4v) is 3.10. The van der Waals surface area contributed by atoms with Crippen LogP contribution >= 0.6 is 11.6 Å². The Bertz CT molecular complexity index is 1280. The highest BCUT2D eigenvalue weighted by Crippen LogP contribution is 2.19. The van der Waals surface area contributed by atoms with Crippen LogP contribution in [0.4, 0.5) is 5.82 Å². The van der Waals surface area contributed by atoms with Gasteiger partial charge in [0.2, 0.25) is 5.95 Å². The fourth-order valence-electron chi connectivity index (χ4n) is 2.92. The van der Waals surface area contributed by atoms with Crippen LogP contribution in [-0.2, 0) is 0 Å². The van der Waals surface area contributed by atoms with Gasteiger partial charge >= 0.3 is 0 Å². The number of hydrogen-bond acceptors (Lipinski definition) is 4. The first-order chi connectivity index (χ1) is 13.4. The van der Waals surface area contributed by atoms with Crippen molar-refractivity contribution >= 4 is 34.2 Å². The van der Waals surface area contributed by atoms with E-state index in [1.54, 1.807) is 43.3 Å². The third-order valence-corrected chi connectivity index (χ3v) is 4.44. The number of aromatic amines is 1. The van der Waals surface area contributed by atoms with E-state index in [2.05, 4.69) is 20.4 Å². The van der Waals surface area contributed by atoms with Crippen molar-refractivity contribution in [2.24, 2.45) is 0 Å². The largest absolute Gasteiger partial charge is 0.306 e. The lowest BCUT2D eigenvalue weighted by molar-refractivity contribution is 0.102. The molecule has 0 unspecified atom stereocenters. The third kappa shape index (κ3) is 3.39. The number of anilines is 1. The van der Waals surface area contributed by atoms with E-state index in [4.69, 9.17) is 11.6 Å². The van der Waals surface area contributed by atoms with Gasteiger partial charge in [0.1, 0.15) is 5.82 Å². The number of aryl methyl sites for hydroxylation is 2. The zero-order valence-electron chi connectivity index (χ0n) is 15.2. The van der Waals surface area contributed by atoms with Crippen LogP contribution in [0.2, 0.25) is 5.02 Å². The molecule has 0 spiro atoms. The molecule has 0 fully saturated rings. The summed E-state index contributed by atoms with van der Waals surface area (Å²) < 4.78 is 1.40. The number of halogens is 1. The van der Waals surface area contributed by atoms with Crippen molar-refractivity contribution < 1.29 is 4.79 Å². The predicted octanol–water partition coefficient (Wildman–Crippen LogP) is 3.63. The molecule has 2 aromatic carbocycles. The third-order valence-electron chi connectivity index (χ3n) is 4.21. The molecule has 0 bridgehead atoms. The topological polar surface area (TPSA) is 92.7 Å². The van der Waals surface area contributed by atoms with E-state index < -0.39 is 0 Å². The second kappa shape index (κ2) is 6.94. The average molecular weight is 394 g/mol. The molecular weight excluding hydrogens is 378 g/mol. The van der Waals surface area contributed by atoms with Crippen molar-refractivity contribution in [3.8, 4) is 5.95 Å². The number of hydrogen-bond donors (Lipinski definition) is 2. The number of carbonyl (C=O) groups is 1. The number of nitrogens with zero attached hydrogens (tertiary/aromatic N) is 3. The first-order valence-corrected chi connectivity index (χ1v) is 8.93. The molecule has 4 rings (SSSR count). The Kier molecular flexibility index (Phi) is 4.44. The number of aromatic nitrogens is 4. The van der Waals surface area contributed by atoms with E-state index in [0.717, 1.165) is 5.56 Å². The summed E-state index contributed by atoms with van der Waals surface area (Å²) in [5, 5.41) is 8.01. The Morgan fingerprint density at radius 1 is 1.14 bits per heavy atom. The van der Waals surface area contributed by atoms with Crippen LogP contribution < -0.4 is 10.9 Å². The minimum absolute atomic E-state index is 0.201. The lowest BCUT2D eigenvalue weighted by atomic mass is 10.1. The second-order valence-electron chi connectivity index (χ2n) is 6.46. The number of H-pyrrole nitrogens is 1. The number of benzene rings is 2. The van der Waals surface area contributed by atoms with Crippen LogP contribution in [0.3, 0.4) is 0 Å². The summed E-state index contributed by atoms with van der Waals surface area (Å²) in [7, 11) is 0. The van der Waals surface area contributed by atoms with Crippen molar-refractivity contribution in [3.63, 3.8) is 0 Å². The fraction of sp³-hybridized carbons (Fsp3) is 0.100. The van der Waals surface area contributed by atoms with Crippen LogP contribution in [-0.4, -0.2) is 25.7 Å². The minimum atomic E-state index is -0.341. The van der Waals surface area contributed by atoms with E-state index in [1.165, 1.54) is 4.68 Å². The van der Waals surface area contributed by atoms with Gasteiger partial charge in [0.25, 0.3) is 11.5 Å². The summed E-state index contributed by atoms with van der Waals surface area (Å²) >= 11 is 5.96. The van der Waals surface area contributed by atoms with E-state index >= 15 is 0 Å². The molecule has 0 aliphatic heterocycles. The van der Waals surface area contributed by atoms with Gasteiger partial charge in [-0.2, -0.15) is 9.78 Å². The van der Waals surface area contributed by atoms with Crippen molar-refractivity contribution in [2.45, 2.75) is 13.8 Å². The second-order valence-corrected chi connectivity index (χ2v) is 6.89. The van der Waals surface area contributed by atoms with E-state index in [1.807, 2.05) is 19.1 Å². The molecule has 0 saturated carbocycles. The van der Waals surface area contributed by atoms with Gasteiger partial charge < -0.3 is 5.32 Å². The lowest BCUT2D eigenvalue weighted by Gasteiger charge is -2.09. The predicted molar refractivity (Wildman–Crippen MR) is 108 cm³/mol. The number of rotatable bonds is 3. The van der Waals surface area contributed by atoms with Crippen LogP contribution in [0.5, 0.6) is 0 Å². The highest BCUT2D eigenvalue weighted by Gasteiger charge is 2.15. The van der Waals surface area contributed by atoms with Gasteiger partial charge in [-0.25, -0.2) is 4.98 Å². The molecule has 4 aromatic rings. The molecule has 2 aromatic heterocycles. The molecule has 2 heterocycles. The van der Waals surface area contributed by atoms with Crippen LogP contribution in [0.1, 0.15) is 21.6 Å². The van der Waals surface area contributed by atoms with Crippen LogP contribution in [0.15, 0.2) is 53.3 Å². The smallest absolute Gasteiger partial charge is 0.260 e. The highest BCUT2D eigenvalue weighted by atomic mass is 35.5. The Labute approximate surface area is 165 Å². The average Bonchev–Trinajstić information content (AvgIpc) is 3.02. The van der Waals surface area contributed by atoms with Gasteiger partial charge in [0, 0.05) is 16.7 Å². The summed E-state index contributed by atoms with van der Waals surface area (Å²) in [5.41, 5.74) is 2.31. The molecule has 0 saturated heterocycles. The van der Waals surface area contributed by atoms with Gasteiger partial charge in [-0.1, -0.05) is 29.3 Å². The monoisotopic (exact) mass is 393 g/mol. The van der Waals surface area contributed by atoms with E-state index in [0.29, 0.717) is 33.0 Å². The molecule has 0 radical (unpaired) electrons.